The summed E-state index contributed by atoms with van der Waals surface area (Å²) in [5.74, 6) is 0.990. The van der Waals surface area contributed by atoms with Crippen molar-refractivity contribution in [3.63, 3.8) is 0 Å². The van der Waals surface area contributed by atoms with Crippen LogP contribution in [0.3, 0.4) is 0 Å². The maximum absolute atomic E-state index is 5.44. The second kappa shape index (κ2) is 3.25. The van der Waals surface area contributed by atoms with Gasteiger partial charge in [-0.15, -0.1) is 0 Å². The van der Waals surface area contributed by atoms with Gasteiger partial charge in [0.25, 0.3) is 0 Å². The molecule has 68 valence electrons. The number of rotatable bonds is 2. The molecule has 0 heterocycles. The monoisotopic (exact) mass is 174 g/mol. The van der Waals surface area contributed by atoms with Gasteiger partial charge in [-0.1, -0.05) is 17.7 Å². The van der Waals surface area contributed by atoms with Crippen molar-refractivity contribution in [2.75, 3.05) is 6.61 Å². The number of benzene rings is 1. The van der Waals surface area contributed by atoms with Crippen LogP contribution in [-0.4, -0.2) is 6.61 Å². The zero-order valence-electron chi connectivity index (χ0n) is 8.13. The van der Waals surface area contributed by atoms with Crippen LogP contribution in [0.1, 0.15) is 25.0 Å². The summed E-state index contributed by atoms with van der Waals surface area (Å²) in [6, 6.07) is 6.32. The van der Waals surface area contributed by atoms with E-state index in [1.54, 1.807) is 0 Å². The molecular weight excluding hydrogens is 160 g/mol. The first-order valence-electron chi connectivity index (χ1n) is 4.72. The first-order valence-corrected chi connectivity index (χ1v) is 4.72. The molecule has 0 saturated carbocycles. The summed E-state index contributed by atoms with van der Waals surface area (Å²) >= 11 is 0. The first kappa shape index (κ1) is 8.36. The van der Waals surface area contributed by atoms with Crippen LogP contribution in [0.25, 0.3) is 6.08 Å². The number of allylic oxidation sites excluding steroid dienone is 1. The van der Waals surface area contributed by atoms with E-state index in [4.69, 9.17) is 4.74 Å². The van der Waals surface area contributed by atoms with Crippen molar-refractivity contribution < 1.29 is 4.74 Å². The van der Waals surface area contributed by atoms with E-state index in [0.717, 1.165) is 18.8 Å². The molecule has 0 unspecified atom stereocenters. The number of hydrogen-bond donors (Lipinski definition) is 0. The summed E-state index contributed by atoms with van der Waals surface area (Å²) in [5.41, 5.74) is 4.17. The summed E-state index contributed by atoms with van der Waals surface area (Å²) < 4.78 is 5.44. The van der Waals surface area contributed by atoms with Crippen LogP contribution in [0.15, 0.2) is 23.8 Å². The van der Waals surface area contributed by atoms with E-state index in [1.807, 2.05) is 13.0 Å². The standard InChI is InChI=1S/C12H14O/c1-3-13-12-5-4-10-6-9(2)7-11(10)8-12/h4-6,8H,3,7H2,1-2H3. The number of ether oxygens (including phenoxy) is 1. The van der Waals surface area contributed by atoms with Gasteiger partial charge >= 0.3 is 0 Å². The van der Waals surface area contributed by atoms with Crippen molar-refractivity contribution in [2.24, 2.45) is 0 Å². The van der Waals surface area contributed by atoms with Crippen LogP contribution < -0.4 is 4.74 Å². The maximum Gasteiger partial charge on any atom is 0.119 e. The van der Waals surface area contributed by atoms with Crippen LogP contribution in [0.4, 0.5) is 0 Å². The third-order valence-corrected chi connectivity index (χ3v) is 2.30. The van der Waals surface area contributed by atoms with Crippen LogP contribution in [0.2, 0.25) is 0 Å². The van der Waals surface area contributed by atoms with Crippen molar-refractivity contribution in [1.29, 1.82) is 0 Å². The number of fused-ring (bicyclic) bond motifs is 1. The van der Waals surface area contributed by atoms with Crippen LogP contribution in [-0.2, 0) is 6.42 Å². The molecule has 0 atom stereocenters. The lowest BCUT2D eigenvalue weighted by Crippen LogP contribution is -1.92. The van der Waals surface area contributed by atoms with Gasteiger partial charge in [0.2, 0.25) is 0 Å². The summed E-state index contributed by atoms with van der Waals surface area (Å²) in [4.78, 5) is 0. The van der Waals surface area contributed by atoms with E-state index in [0.29, 0.717) is 0 Å². The molecule has 0 aliphatic heterocycles. The van der Waals surface area contributed by atoms with Crippen molar-refractivity contribution in [3.8, 4) is 5.75 Å². The van der Waals surface area contributed by atoms with Crippen LogP contribution in [0.5, 0.6) is 5.75 Å². The third-order valence-electron chi connectivity index (χ3n) is 2.30. The molecule has 13 heavy (non-hydrogen) atoms. The van der Waals surface area contributed by atoms with E-state index in [9.17, 15) is 0 Å². The highest BCUT2D eigenvalue weighted by molar-refractivity contribution is 5.64. The lowest BCUT2D eigenvalue weighted by molar-refractivity contribution is 0.340. The van der Waals surface area contributed by atoms with Crippen molar-refractivity contribution in [2.45, 2.75) is 20.3 Å². The summed E-state index contributed by atoms with van der Waals surface area (Å²) in [6.45, 7) is 4.92. The fourth-order valence-electron chi connectivity index (χ4n) is 1.75. The van der Waals surface area contributed by atoms with E-state index < -0.39 is 0 Å². The highest BCUT2D eigenvalue weighted by Crippen LogP contribution is 2.27. The average Bonchev–Trinajstić information content (AvgIpc) is 2.44. The Morgan fingerprint density at radius 1 is 1.38 bits per heavy atom. The Bertz CT molecular complexity index is 350. The highest BCUT2D eigenvalue weighted by Gasteiger charge is 2.09. The Morgan fingerprint density at radius 3 is 3.00 bits per heavy atom. The minimum atomic E-state index is 0.741. The largest absolute Gasteiger partial charge is 0.494 e. The molecule has 0 fully saturated rings. The molecular formula is C12H14O. The lowest BCUT2D eigenvalue weighted by Gasteiger charge is -2.05. The molecule has 0 saturated heterocycles. The minimum absolute atomic E-state index is 0.741. The first-order chi connectivity index (χ1) is 6.29. The van der Waals surface area contributed by atoms with E-state index in [1.165, 1.54) is 16.7 Å². The van der Waals surface area contributed by atoms with Gasteiger partial charge in [-0.25, -0.2) is 0 Å². The zero-order chi connectivity index (χ0) is 9.26. The lowest BCUT2D eigenvalue weighted by atomic mass is 10.1. The van der Waals surface area contributed by atoms with Crippen molar-refractivity contribution in [3.05, 3.63) is 34.9 Å². The van der Waals surface area contributed by atoms with Gasteiger partial charge in [0, 0.05) is 0 Å². The molecule has 1 aromatic carbocycles. The average molecular weight is 174 g/mol. The number of hydrogen-bond acceptors (Lipinski definition) is 1. The van der Waals surface area contributed by atoms with Crippen LogP contribution in [0, 0.1) is 0 Å². The van der Waals surface area contributed by atoms with Gasteiger partial charge in [-0.3, -0.25) is 0 Å². The van der Waals surface area contributed by atoms with Gasteiger partial charge in [-0.05, 0) is 43.5 Å². The van der Waals surface area contributed by atoms with Gasteiger partial charge in [0.15, 0.2) is 0 Å². The Balaban J connectivity index is 2.29. The molecule has 0 aromatic heterocycles. The summed E-state index contributed by atoms with van der Waals surface area (Å²) in [6.07, 6.45) is 3.32. The van der Waals surface area contributed by atoms with E-state index in [-0.39, 0.29) is 0 Å². The smallest absolute Gasteiger partial charge is 0.119 e. The highest BCUT2D eigenvalue weighted by atomic mass is 16.5. The molecule has 1 aliphatic carbocycles. The maximum atomic E-state index is 5.44. The quantitative estimate of drug-likeness (QED) is 0.669. The normalized spacial score (nSPS) is 13.8. The van der Waals surface area contributed by atoms with Crippen LogP contribution >= 0.6 is 0 Å². The van der Waals surface area contributed by atoms with Gasteiger partial charge in [-0.2, -0.15) is 0 Å². The fraction of sp³-hybridized carbons (Fsp3) is 0.333. The topological polar surface area (TPSA) is 9.23 Å². The summed E-state index contributed by atoms with van der Waals surface area (Å²) in [7, 11) is 0. The van der Waals surface area contributed by atoms with Crippen molar-refractivity contribution >= 4 is 6.08 Å². The molecule has 0 radical (unpaired) electrons. The third kappa shape index (κ3) is 1.59. The summed E-state index contributed by atoms with van der Waals surface area (Å²) in [5, 5.41) is 0. The Labute approximate surface area is 79.0 Å². The molecule has 1 heteroatoms. The van der Waals surface area contributed by atoms with Crippen molar-refractivity contribution in [1.82, 2.24) is 0 Å². The fourth-order valence-corrected chi connectivity index (χ4v) is 1.75. The van der Waals surface area contributed by atoms with E-state index >= 15 is 0 Å². The Hall–Kier alpha value is -1.24. The van der Waals surface area contributed by atoms with Gasteiger partial charge in [0.1, 0.15) is 5.75 Å². The predicted molar refractivity (Wildman–Crippen MR) is 55.0 cm³/mol. The van der Waals surface area contributed by atoms with Gasteiger partial charge in [0.05, 0.1) is 6.61 Å². The molecule has 2 rings (SSSR count). The molecule has 1 aliphatic rings. The second-order valence-electron chi connectivity index (χ2n) is 3.46. The SMILES string of the molecule is CCOc1ccc2c(c1)CC(C)=C2. The molecule has 0 N–H and O–H groups in total. The molecule has 0 amide bonds. The van der Waals surface area contributed by atoms with E-state index in [2.05, 4.69) is 25.1 Å². The zero-order valence-corrected chi connectivity index (χ0v) is 8.13. The van der Waals surface area contributed by atoms with Gasteiger partial charge < -0.3 is 4.74 Å². The Kier molecular flexibility index (Phi) is 2.09. The Morgan fingerprint density at radius 2 is 2.23 bits per heavy atom. The minimum Gasteiger partial charge on any atom is -0.494 e. The molecule has 0 spiro atoms. The predicted octanol–water partition coefficient (Wildman–Crippen LogP) is 3.04. The molecule has 1 aromatic rings. The second-order valence-corrected chi connectivity index (χ2v) is 3.46. The molecule has 1 nitrogen and oxygen atoms in total. The molecule has 0 bridgehead atoms.